The number of benzene rings is 3. The molecule has 1 amide bonds. The number of aryl methyl sites for hydroxylation is 2. The Morgan fingerprint density at radius 2 is 1.81 bits per heavy atom. The van der Waals surface area contributed by atoms with Crippen molar-refractivity contribution in [2.45, 2.75) is 26.8 Å². The van der Waals surface area contributed by atoms with Crippen LogP contribution < -0.4 is 14.4 Å². The van der Waals surface area contributed by atoms with Crippen LogP contribution in [-0.2, 0) is 4.79 Å². The van der Waals surface area contributed by atoms with Gasteiger partial charge in [0.2, 0.25) is 5.78 Å². The molecule has 0 spiro atoms. The molecule has 0 aliphatic carbocycles. The van der Waals surface area contributed by atoms with Crippen molar-refractivity contribution >= 4 is 28.3 Å². The molecule has 188 valence electrons. The van der Waals surface area contributed by atoms with Gasteiger partial charge in [-0.05, 0) is 62.2 Å². The molecular weight excluding hydrogens is 470 g/mol. The number of ether oxygens (including phenoxy) is 2. The van der Waals surface area contributed by atoms with Gasteiger partial charge in [0.1, 0.15) is 5.58 Å². The number of para-hydroxylation sites is 1. The molecule has 7 heteroatoms. The van der Waals surface area contributed by atoms with E-state index in [2.05, 4.69) is 0 Å². The summed E-state index contributed by atoms with van der Waals surface area (Å²) in [7, 11) is 1.54. The number of furan rings is 1. The molecule has 3 aromatic carbocycles. The Labute approximate surface area is 214 Å². The van der Waals surface area contributed by atoms with Crippen molar-refractivity contribution in [3.8, 4) is 11.5 Å². The molecule has 5 rings (SSSR count). The van der Waals surface area contributed by atoms with Gasteiger partial charge in [-0.1, -0.05) is 42.0 Å². The molecule has 1 atom stereocenters. The molecule has 4 aromatic rings. The van der Waals surface area contributed by atoms with Crippen LogP contribution in [0.4, 0.5) is 5.69 Å². The lowest BCUT2D eigenvalue weighted by molar-refractivity contribution is -0.117. The van der Waals surface area contributed by atoms with E-state index in [4.69, 9.17) is 13.9 Å². The minimum Gasteiger partial charge on any atom is -0.503 e. The van der Waals surface area contributed by atoms with Crippen molar-refractivity contribution in [3.63, 3.8) is 0 Å². The number of anilines is 1. The maximum atomic E-state index is 13.9. The summed E-state index contributed by atoms with van der Waals surface area (Å²) in [4.78, 5) is 28.9. The zero-order valence-corrected chi connectivity index (χ0v) is 21.1. The van der Waals surface area contributed by atoms with E-state index in [1.54, 1.807) is 37.4 Å². The molecule has 1 aliphatic rings. The minimum atomic E-state index is -0.917. The fraction of sp³-hybridized carbons (Fsp3) is 0.200. The van der Waals surface area contributed by atoms with Crippen molar-refractivity contribution in [2.75, 3.05) is 18.6 Å². The van der Waals surface area contributed by atoms with Crippen LogP contribution in [0.15, 0.2) is 82.5 Å². The Bertz CT molecular complexity index is 1530. The summed E-state index contributed by atoms with van der Waals surface area (Å²) < 4.78 is 17.0. The quantitative estimate of drug-likeness (QED) is 0.304. The predicted molar refractivity (Wildman–Crippen MR) is 141 cm³/mol. The predicted octanol–water partition coefficient (Wildman–Crippen LogP) is 6.24. The van der Waals surface area contributed by atoms with E-state index < -0.39 is 23.5 Å². The molecule has 0 radical (unpaired) electrons. The molecule has 0 bridgehead atoms. The second-order valence-electron chi connectivity index (χ2n) is 8.95. The highest BCUT2D eigenvalue weighted by Crippen LogP contribution is 2.45. The van der Waals surface area contributed by atoms with E-state index in [0.717, 1.165) is 16.5 Å². The van der Waals surface area contributed by atoms with Crippen LogP contribution in [0.3, 0.4) is 0 Å². The molecule has 37 heavy (non-hydrogen) atoms. The van der Waals surface area contributed by atoms with Gasteiger partial charge in [0.25, 0.3) is 5.91 Å². The molecule has 1 N–H and O–H groups in total. The number of fused-ring (bicyclic) bond motifs is 1. The molecule has 1 aromatic heterocycles. The Kier molecular flexibility index (Phi) is 6.21. The Balaban J connectivity index is 1.70. The maximum absolute atomic E-state index is 13.9. The van der Waals surface area contributed by atoms with Crippen molar-refractivity contribution in [3.05, 3.63) is 101 Å². The average molecular weight is 498 g/mol. The summed E-state index contributed by atoms with van der Waals surface area (Å²) in [6.45, 7) is 6.11. The van der Waals surface area contributed by atoms with Crippen LogP contribution in [-0.4, -0.2) is 30.5 Å². The summed E-state index contributed by atoms with van der Waals surface area (Å²) in [6.07, 6.45) is 0. The second-order valence-corrected chi connectivity index (χ2v) is 8.95. The van der Waals surface area contributed by atoms with E-state index >= 15 is 0 Å². The fourth-order valence-electron chi connectivity index (χ4n) is 4.83. The molecule has 2 heterocycles. The Morgan fingerprint density at radius 3 is 2.51 bits per heavy atom. The zero-order valence-electron chi connectivity index (χ0n) is 21.1. The lowest BCUT2D eigenvalue weighted by Gasteiger charge is -2.28. The van der Waals surface area contributed by atoms with Crippen LogP contribution in [0.2, 0.25) is 0 Å². The molecule has 1 aliphatic heterocycles. The largest absolute Gasteiger partial charge is 0.503 e. The number of ketones is 1. The first kappa shape index (κ1) is 24.2. The highest BCUT2D eigenvalue weighted by atomic mass is 16.5. The van der Waals surface area contributed by atoms with Gasteiger partial charge in [-0.25, -0.2) is 0 Å². The van der Waals surface area contributed by atoms with Crippen molar-refractivity contribution < 1.29 is 28.6 Å². The number of methoxy groups -OCH3 is 1. The standard InChI is InChI=1S/C30H27NO6/c1-5-36-24-16-20(11-13-23(24)35-4)27-26(28(32)25-15-19-8-6-7-9-22(19)37-25)29(33)30(34)31(27)21-12-10-17(2)14-18(21)3/h6-16,27,33H,5H2,1-4H3. The molecule has 0 saturated heterocycles. The van der Waals surface area contributed by atoms with Crippen LogP contribution in [0.1, 0.15) is 40.2 Å². The number of amides is 1. The average Bonchev–Trinajstić information content (AvgIpc) is 3.43. The van der Waals surface area contributed by atoms with Gasteiger partial charge in [0.15, 0.2) is 23.0 Å². The van der Waals surface area contributed by atoms with E-state index in [1.165, 1.54) is 4.90 Å². The van der Waals surface area contributed by atoms with Crippen LogP contribution >= 0.6 is 0 Å². The van der Waals surface area contributed by atoms with Crippen molar-refractivity contribution in [1.29, 1.82) is 0 Å². The number of carbonyl (C=O) groups excluding carboxylic acids is 2. The SMILES string of the molecule is CCOc1cc(C2C(C(=O)c3cc4ccccc4o3)=C(O)C(=O)N2c2ccc(C)cc2C)ccc1OC. The van der Waals surface area contributed by atoms with Crippen LogP contribution in [0, 0.1) is 13.8 Å². The van der Waals surface area contributed by atoms with Gasteiger partial charge in [0.05, 0.1) is 25.3 Å². The normalized spacial score (nSPS) is 15.5. The number of hydrogen-bond donors (Lipinski definition) is 1. The highest BCUT2D eigenvalue weighted by molar-refractivity contribution is 6.20. The topological polar surface area (TPSA) is 89.2 Å². The second kappa shape index (κ2) is 9.50. The minimum absolute atomic E-state index is 0.0431. The van der Waals surface area contributed by atoms with E-state index in [1.807, 2.05) is 57.2 Å². The zero-order chi connectivity index (χ0) is 26.3. The molecule has 0 saturated carbocycles. The highest BCUT2D eigenvalue weighted by Gasteiger charge is 2.46. The lowest BCUT2D eigenvalue weighted by atomic mass is 9.94. The van der Waals surface area contributed by atoms with E-state index in [-0.39, 0.29) is 11.3 Å². The van der Waals surface area contributed by atoms with E-state index in [9.17, 15) is 14.7 Å². The van der Waals surface area contributed by atoms with Crippen molar-refractivity contribution in [2.24, 2.45) is 0 Å². The number of carbonyl (C=O) groups is 2. The third-order valence-electron chi connectivity index (χ3n) is 6.52. The third kappa shape index (κ3) is 4.12. The molecule has 7 nitrogen and oxygen atoms in total. The molecular formula is C30H27NO6. The van der Waals surface area contributed by atoms with Gasteiger partial charge in [0, 0.05) is 11.1 Å². The summed E-state index contributed by atoms with van der Waals surface area (Å²) in [6, 6.07) is 18.9. The lowest BCUT2D eigenvalue weighted by Crippen LogP contribution is -2.31. The van der Waals surface area contributed by atoms with Crippen molar-refractivity contribution in [1.82, 2.24) is 0 Å². The number of aliphatic hydroxyl groups is 1. The maximum Gasteiger partial charge on any atom is 0.294 e. The third-order valence-corrected chi connectivity index (χ3v) is 6.52. The summed E-state index contributed by atoms with van der Waals surface area (Å²) in [5, 5.41) is 11.9. The van der Waals surface area contributed by atoms with Gasteiger partial charge in [-0.2, -0.15) is 0 Å². The summed E-state index contributed by atoms with van der Waals surface area (Å²) >= 11 is 0. The summed E-state index contributed by atoms with van der Waals surface area (Å²) in [5.74, 6) is -0.798. The van der Waals surface area contributed by atoms with Gasteiger partial charge in [-0.3, -0.25) is 14.5 Å². The van der Waals surface area contributed by atoms with Gasteiger partial charge in [-0.15, -0.1) is 0 Å². The van der Waals surface area contributed by atoms with Crippen LogP contribution in [0.5, 0.6) is 11.5 Å². The first-order chi connectivity index (χ1) is 17.8. The number of nitrogens with zero attached hydrogens (tertiary/aromatic N) is 1. The fourth-order valence-corrected chi connectivity index (χ4v) is 4.83. The smallest absolute Gasteiger partial charge is 0.294 e. The van der Waals surface area contributed by atoms with Crippen LogP contribution in [0.25, 0.3) is 11.0 Å². The molecule has 1 unspecified atom stereocenters. The number of rotatable bonds is 7. The molecule has 0 fully saturated rings. The summed E-state index contributed by atoms with van der Waals surface area (Å²) in [5.41, 5.74) is 3.53. The number of hydrogen-bond acceptors (Lipinski definition) is 6. The van der Waals surface area contributed by atoms with E-state index in [0.29, 0.717) is 34.9 Å². The first-order valence-corrected chi connectivity index (χ1v) is 12.0. The number of Topliss-reactive ketones (excluding diaryl/α,β-unsaturated/α-hetero) is 1. The number of aliphatic hydroxyl groups excluding tert-OH is 1. The Morgan fingerprint density at radius 1 is 1.03 bits per heavy atom. The monoisotopic (exact) mass is 497 g/mol. The van der Waals surface area contributed by atoms with Gasteiger partial charge >= 0.3 is 0 Å². The Hall–Kier alpha value is -4.52. The first-order valence-electron chi connectivity index (χ1n) is 12.0. The van der Waals surface area contributed by atoms with Gasteiger partial charge < -0.3 is 19.0 Å².